The third kappa shape index (κ3) is 3.22. The Morgan fingerprint density at radius 1 is 1.39 bits per heavy atom. The Bertz CT molecular complexity index is 526. The molecule has 5 nitrogen and oxygen atoms in total. The van der Waals surface area contributed by atoms with Gasteiger partial charge in [0.1, 0.15) is 4.90 Å². The first kappa shape index (κ1) is 14.9. The molecule has 102 valence electrons. The number of nitrogen functional groups attached to an aromatic ring is 1. The average molecular weight is 272 g/mol. The van der Waals surface area contributed by atoms with Gasteiger partial charge in [-0.2, -0.15) is 0 Å². The molecule has 0 aliphatic rings. The molecule has 1 rings (SSSR count). The molecule has 0 radical (unpaired) electrons. The summed E-state index contributed by atoms with van der Waals surface area (Å²) >= 11 is 0. The first-order valence-electron chi connectivity index (χ1n) is 5.66. The summed E-state index contributed by atoms with van der Waals surface area (Å²) in [5.41, 5.74) is 7.60. The number of benzene rings is 1. The highest BCUT2D eigenvalue weighted by atomic mass is 32.2. The van der Waals surface area contributed by atoms with E-state index in [0.717, 1.165) is 5.56 Å². The summed E-state index contributed by atoms with van der Waals surface area (Å²) in [7, 11) is -2.10. The van der Waals surface area contributed by atoms with E-state index in [0.29, 0.717) is 12.2 Å². The number of methoxy groups -OCH3 is 1. The topological polar surface area (TPSA) is 81.4 Å². The molecule has 1 unspecified atom stereocenters. The van der Waals surface area contributed by atoms with Crippen LogP contribution in [0.1, 0.15) is 18.1 Å². The predicted octanol–water partition coefficient (Wildman–Crippen LogP) is 1.20. The van der Waals surface area contributed by atoms with Crippen LogP contribution < -0.4 is 10.5 Å². The van der Waals surface area contributed by atoms with E-state index >= 15 is 0 Å². The molecule has 1 atom stereocenters. The summed E-state index contributed by atoms with van der Waals surface area (Å²) in [5, 5.41) is 0. The molecule has 0 amide bonds. The maximum Gasteiger partial charge on any atom is 0.243 e. The second kappa shape index (κ2) is 5.69. The van der Waals surface area contributed by atoms with E-state index in [1.807, 2.05) is 13.0 Å². The molecular weight excluding hydrogens is 252 g/mol. The molecule has 0 saturated carbocycles. The summed E-state index contributed by atoms with van der Waals surface area (Å²) in [6.45, 7) is 5.65. The zero-order chi connectivity index (χ0) is 13.9. The van der Waals surface area contributed by atoms with Crippen molar-refractivity contribution in [2.24, 2.45) is 0 Å². The lowest BCUT2D eigenvalue weighted by Crippen LogP contribution is -2.36. The number of anilines is 1. The van der Waals surface area contributed by atoms with Crippen molar-refractivity contribution in [2.75, 3.05) is 19.5 Å². The quantitative estimate of drug-likeness (QED) is 0.789. The molecule has 0 fully saturated rings. The van der Waals surface area contributed by atoms with E-state index < -0.39 is 10.0 Å². The van der Waals surface area contributed by atoms with Crippen molar-refractivity contribution in [3.05, 3.63) is 23.3 Å². The number of hydrogen-bond donors (Lipinski definition) is 2. The van der Waals surface area contributed by atoms with Gasteiger partial charge in [-0.05, 0) is 38.0 Å². The minimum Gasteiger partial charge on any atom is -0.398 e. The Kier molecular flexibility index (Phi) is 4.72. The van der Waals surface area contributed by atoms with Crippen molar-refractivity contribution in [3.8, 4) is 0 Å². The molecule has 0 heterocycles. The monoisotopic (exact) mass is 272 g/mol. The lowest BCUT2D eigenvalue weighted by Gasteiger charge is -2.17. The van der Waals surface area contributed by atoms with Crippen LogP contribution in [0.15, 0.2) is 17.0 Å². The fourth-order valence-electron chi connectivity index (χ4n) is 1.78. The fourth-order valence-corrected chi connectivity index (χ4v) is 3.43. The van der Waals surface area contributed by atoms with E-state index in [2.05, 4.69) is 4.72 Å². The lowest BCUT2D eigenvalue weighted by atomic mass is 10.1. The average Bonchev–Trinajstić information content (AvgIpc) is 2.23. The summed E-state index contributed by atoms with van der Waals surface area (Å²) in [5.74, 6) is 0. The molecule has 0 aliphatic heterocycles. The molecule has 3 N–H and O–H groups in total. The van der Waals surface area contributed by atoms with Gasteiger partial charge in [0.2, 0.25) is 10.0 Å². The minimum absolute atomic E-state index is 0.158. The van der Waals surface area contributed by atoms with Crippen LogP contribution in [0.2, 0.25) is 0 Å². The number of aryl methyl sites for hydroxylation is 1. The molecule has 0 bridgehead atoms. The van der Waals surface area contributed by atoms with Gasteiger partial charge in [0.15, 0.2) is 0 Å². The smallest absolute Gasteiger partial charge is 0.243 e. The Hall–Kier alpha value is -1.11. The Labute approximate surface area is 108 Å². The van der Waals surface area contributed by atoms with E-state index in [-0.39, 0.29) is 16.6 Å². The van der Waals surface area contributed by atoms with Crippen molar-refractivity contribution in [1.82, 2.24) is 4.72 Å². The van der Waals surface area contributed by atoms with Gasteiger partial charge in [-0.25, -0.2) is 13.1 Å². The number of rotatable bonds is 5. The van der Waals surface area contributed by atoms with Gasteiger partial charge in [-0.15, -0.1) is 0 Å². The maximum absolute atomic E-state index is 12.3. The Morgan fingerprint density at radius 2 is 2.00 bits per heavy atom. The van der Waals surface area contributed by atoms with Crippen LogP contribution in [-0.4, -0.2) is 28.2 Å². The zero-order valence-electron chi connectivity index (χ0n) is 11.1. The number of sulfonamides is 1. The van der Waals surface area contributed by atoms with Gasteiger partial charge in [-0.1, -0.05) is 6.07 Å². The van der Waals surface area contributed by atoms with E-state index in [1.165, 1.54) is 7.11 Å². The van der Waals surface area contributed by atoms with Gasteiger partial charge in [0.25, 0.3) is 0 Å². The van der Waals surface area contributed by atoms with E-state index in [1.54, 1.807) is 19.9 Å². The highest BCUT2D eigenvalue weighted by molar-refractivity contribution is 7.89. The number of nitrogens with two attached hydrogens (primary N) is 1. The van der Waals surface area contributed by atoms with Crippen LogP contribution >= 0.6 is 0 Å². The molecule has 0 aromatic heterocycles. The van der Waals surface area contributed by atoms with Gasteiger partial charge in [-0.3, -0.25) is 0 Å². The van der Waals surface area contributed by atoms with Gasteiger partial charge in [0, 0.05) is 13.2 Å². The van der Waals surface area contributed by atoms with Gasteiger partial charge >= 0.3 is 0 Å². The van der Waals surface area contributed by atoms with Crippen LogP contribution in [0, 0.1) is 13.8 Å². The first-order chi connectivity index (χ1) is 8.29. The molecule has 0 saturated heterocycles. The summed E-state index contributed by atoms with van der Waals surface area (Å²) < 4.78 is 32.0. The zero-order valence-corrected chi connectivity index (χ0v) is 12.0. The van der Waals surface area contributed by atoms with Crippen LogP contribution in [0.4, 0.5) is 5.69 Å². The van der Waals surface area contributed by atoms with Gasteiger partial charge in [0.05, 0.1) is 12.3 Å². The standard InChI is InChI=1S/C12H20N2O3S/c1-8-5-6-11(13)12(10(8)3)18(15,16)14-9(2)7-17-4/h5-6,9,14H,7,13H2,1-4H3. The summed E-state index contributed by atoms with van der Waals surface area (Å²) in [6.07, 6.45) is 0. The third-order valence-corrected chi connectivity index (χ3v) is 4.54. The lowest BCUT2D eigenvalue weighted by molar-refractivity contribution is 0.180. The molecule has 1 aromatic rings. The maximum atomic E-state index is 12.3. The highest BCUT2D eigenvalue weighted by Gasteiger charge is 2.22. The second-order valence-corrected chi connectivity index (χ2v) is 6.05. The van der Waals surface area contributed by atoms with Crippen molar-refractivity contribution in [1.29, 1.82) is 0 Å². The van der Waals surface area contributed by atoms with E-state index in [4.69, 9.17) is 10.5 Å². The molecular formula is C12H20N2O3S. The van der Waals surface area contributed by atoms with Gasteiger partial charge < -0.3 is 10.5 Å². The Balaban J connectivity index is 3.17. The second-order valence-electron chi connectivity index (χ2n) is 4.40. The number of nitrogens with one attached hydrogen (secondary N) is 1. The van der Waals surface area contributed by atoms with E-state index in [9.17, 15) is 8.42 Å². The van der Waals surface area contributed by atoms with Crippen molar-refractivity contribution >= 4 is 15.7 Å². The van der Waals surface area contributed by atoms with Crippen LogP contribution in [-0.2, 0) is 14.8 Å². The van der Waals surface area contributed by atoms with Crippen LogP contribution in [0.5, 0.6) is 0 Å². The third-order valence-electron chi connectivity index (χ3n) is 2.75. The SMILES string of the molecule is COCC(C)NS(=O)(=O)c1c(N)ccc(C)c1C. The normalized spacial score (nSPS) is 13.6. The van der Waals surface area contributed by atoms with Crippen LogP contribution in [0.3, 0.4) is 0 Å². The van der Waals surface area contributed by atoms with Crippen molar-refractivity contribution in [3.63, 3.8) is 0 Å². The first-order valence-corrected chi connectivity index (χ1v) is 7.15. The largest absolute Gasteiger partial charge is 0.398 e. The fraction of sp³-hybridized carbons (Fsp3) is 0.500. The van der Waals surface area contributed by atoms with Crippen LogP contribution in [0.25, 0.3) is 0 Å². The molecule has 0 spiro atoms. The molecule has 6 heteroatoms. The molecule has 18 heavy (non-hydrogen) atoms. The van der Waals surface area contributed by atoms with Crippen molar-refractivity contribution < 1.29 is 13.2 Å². The molecule has 0 aliphatic carbocycles. The number of ether oxygens (including phenoxy) is 1. The predicted molar refractivity (Wildman–Crippen MR) is 72.0 cm³/mol. The summed E-state index contributed by atoms with van der Waals surface area (Å²) in [4.78, 5) is 0.158. The highest BCUT2D eigenvalue weighted by Crippen LogP contribution is 2.25. The molecule has 1 aromatic carbocycles. The Morgan fingerprint density at radius 3 is 2.56 bits per heavy atom. The van der Waals surface area contributed by atoms with Crippen molar-refractivity contribution in [2.45, 2.75) is 31.7 Å². The number of hydrogen-bond acceptors (Lipinski definition) is 4. The minimum atomic E-state index is -3.62. The summed E-state index contributed by atoms with van der Waals surface area (Å²) in [6, 6.07) is 3.11.